The van der Waals surface area contributed by atoms with Gasteiger partial charge in [0.15, 0.2) is 5.78 Å². The van der Waals surface area contributed by atoms with E-state index in [4.69, 9.17) is 27.9 Å². The minimum Gasteiger partial charge on any atom is -0.423 e. The van der Waals surface area contributed by atoms with E-state index >= 15 is 0 Å². The summed E-state index contributed by atoms with van der Waals surface area (Å²) < 4.78 is 6.21. The number of halogens is 5. The molecule has 8 nitrogen and oxygen atoms in total. The Labute approximate surface area is 282 Å². The molecule has 1 aliphatic heterocycles. The number of carbonyl (C=O) groups excluding carboxylic acids is 5. The van der Waals surface area contributed by atoms with E-state index in [1.54, 1.807) is 24.3 Å². The Bertz CT molecular complexity index is 1590. The Morgan fingerprint density at radius 2 is 1.40 bits per heavy atom. The highest BCUT2D eigenvalue weighted by Crippen LogP contribution is 2.44. The average molecular weight is 816 g/mol. The topological polar surface area (TPSA) is 101 Å². The van der Waals surface area contributed by atoms with Crippen LogP contribution in [-0.2, 0) is 9.59 Å². The molecule has 3 amide bonds. The summed E-state index contributed by atoms with van der Waals surface area (Å²) in [5.74, 6) is -4.13. The van der Waals surface area contributed by atoms with Crippen molar-refractivity contribution in [2.75, 3.05) is 6.54 Å². The largest absolute Gasteiger partial charge is 0.423 e. The molecule has 0 unspecified atom stereocenters. The zero-order valence-electron chi connectivity index (χ0n) is 22.0. The summed E-state index contributed by atoms with van der Waals surface area (Å²) in [4.78, 5) is 66.8. The maximum atomic E-state index is 13.8. The van der Waals surface area contributed by atoms with Crippen LogP contribution in [-0.4, -0.2) is 55.7 Å². The molecular weight excluding hydrogens is 795 g/mol. The first kappa shape index (κ1) is 31.8. The fraction of sp³-hybridized carbons (Fsp3) is 0.233. The quantitative estimate of drug-likeness (QED) is 0.0828. The molecule has 4 atom stereocenters. The standard InChI is InChI=1S/C30H21Br3Cl2N2O6/c31-17-5-1-16(2-6-17)30(42)43-19-8-3-15(4-9-19)26(38)14-36(27(39)20-10-7-18(34)11-25(20)35)37-28(40)21-12-23(32)24(33)13-22(21)29(37)41/h1-11,21-24H,12-14H2/t21-,22-,23+,24+/m1/s1. The summed E-state index contributed by atoms with van der Waals surface area (Å²) in [7, 11) is 0. The summed E-state index contributed by atoms with van der Waals surface area (Å²) in [6.07, 6.45) is 0.777. The van der Waals surface area contributed by atoms with Crippen LogP contribution in [0.4, 0.5) is 0 Å². The predicted octanol–water partition coefficient (Wildman–Crippen LogP) is 7.14. The summed E-state index contributed by atoms with van der Waals surface area (Å²) >= 11 is 22.7. The first-order chi connectivity index (χ1) is 20.4. The Morgan fingerprint density at radius 3 is 1.95 bits per heavy atom. The zero-order chi connectivity index (χ0) is 31.0. The summed E-state index contributed by atoms with van der Waals surface area (Å²) in [5, 5.41) is 1.94. The summed E-state index contributed by atoms with van der Waals surface area (Å²) in [6.45, 7) is -0.623. The lowest BCUT2D eigenvalue weighted by Gasteiger charge is -2.30. The molecule has 5 rings (SSSR count). The third-order valence-corrected chi connectivity index (χ3v) is 11.1. The lowest BCUT2D eigenvalue weighted by atomic mass is 9.81. The molecule has 13 heteroatoms. The molecular formula is C30H21Br3Cl2N2O6. The van der Waals surface area contributed by atoms with Crippen LogP contribution in [0.2, 0.25) is 10.0 Å². The first-order valence-corrected chi connectivity index (χ1v) is 16.4. The van der Waals surface area contributed by atoms with Gasteiger partial charge in [-0.1, -0.05) is 71.0 Å². The van der Waals surface area contributed by atoms with Crippen molar-refractivity contribution in [3.05, 3.63) is 97.9 Å². The van der Waals surface area contributed by atoms with E-state index in [2.05, 4.69) is 47.8 Å². The monoisotopic (exact) mass is 812 g/mol. The molecule has 0 radical (unpaired) electrons. The number of nitrogens with zero attached hydrogens (tertiary/aromatic N) is 2. The lowest BCUT2D eigenvalue weighted by molar-refractivity contribution is -0.154. The van der Waals surface area contributed by atoms with E-state index in [0.29, 0.717) is 18.4 Å². The van der Waals surface area contributed by atoms with Gasteiger partial charge in [-0.25, -0.2) is 9.80 Å². The third-order valence-electron chi connectivity index (χ3n) is 7.29. The van der Waals surface area contributed by atoms with Crippen molar-refractivity contribution in [3.8, 4) is 5.75 Å². The van der Waals surface area contributed by atoms with Crippen LogP contribution in [0.3, 0.4) is 0 Å². The fourth-order valence-electron chi connectivity index (χ4n) is 5.04. The highest BCUT2D eigenvalue weighted by Gasteiger charge is 2.54. The maximum absolute atomic E-state index is 13.8. The molecule has 1 saturated heterocycles. The number of ether oxygens (including phenoxy) is 1. The van der Waals surface area contributed by atoms with E-state index in [9.17, 15) is 24.0 Å². The number of carbonyl (C=O) groups is 5. The molecule has 2 aliphatic rings. The van der Waals surface area contributed by atoms with Gasteiger partial charge in [0.05, 0.1) is 28.0 Å². The van der Waals surface area contributed by atoms with Crippen molar-refractivity contribution in [2.45, 2.75) is 22.5 Å². The van der Waals surface area contributed by atoms with Crippen LogP contribution in [0, 0.1) is 11.8 Å². The molecule has 1 saturated carbocycles. The molecule has 3 aromatic rings. The second-order valence-corrected chi connectivity index (χ2v) is 14.1. The van der Waals surface area contributed by atoms with Crippen LogP contribution < -0.4 is 4.74 Å². The third kappa shape index (κ3) is 6.76. The van der Waals surface area contributed by atoms with Crippen molar-refractivity contribution < 1.29 is 28.7 Å². The second-order valence-electron chi connectivity index (χ2n) is 10.0. The predicted molar refractivity (Wildman–Crippen MR) is 171 cm³/mol. The number of hydrogen-bond donors (Lipinski definition) is 0. The smallest absolute Gasteiger partial charge is 0.343 e. The number of hydrazine groups is 1. The van der Waals surface area contributed by atoms with E-state index in [-0.39, 0.29) is 36.6 Å². The number of rotatable bonds is 7. The molecule has 3 aromatic carbocycles. The van der Waals surface area contributed by atoms with Crippen molar-refractivity contribution in [2.24, 2.45) is 11.8 Å². The Kier molecular flexibility index (Phi) is 9.77. The number of esters is 1. The number of imide groups is 1. The zero-order valence-corrected chi connectivity index (χ0v) is 28.3. The van der Waals surface area contributed by atoms with Crippen molar-refractivity contribution in [3.63, 3.8) is 0 Å². The normalized spacial score (nSPS) is 21.4. The van der Waals surface area contributed by atoms with Crippen molar-refractivity contribution >= 4 is 100 Å². The maximum Gasteiger partial charge on any atom is 0.343 e. The van der Waals surface area contributed by atoms with Crippen LogP contribution >= 0.6 is 71.0 Å². The molecule has 222 valence electrons. The van der Waals surface area contributed by atoms with Gasteiger partial charge in [0.25, 0.3) is 17.7 Å². The van der Waals surface area contributed by atoms with Gasteiger partial charge in [0, 0.05) is 24.7 Å². The van der Waals surface area contributed by atoms with Gasteiger partial charge in [-0.15, -0.1) is 0 Å². The highest BCUT2D eigenvalue weighted by atomic mass is 79.9. The van der Waals surface area contributed by atoms with Gasteiger partial charge in [0.2, 0.25) is 0 Å². The van der Waals surface area contributed by atoms with Gasteiger partial charge >= 0.3 is 5.97 Å². The first-order valence-electron chi connectivity index (χ1n) is 13.0. The van der Waals surface area contributed by atoms with Crippen LogP contribution in [0.1, 0.15) is 43.9 Å². The second kappa shape index (κ2) is 13.2. The number of benzene rings is 3. The summed E-state index contributed by atoms with van der Waals surface area (Å²) in [5.41, 5.74) is 0.485. The molecule has 1 aliphatic carbocycles. The number of alkyl halides is 2. The SMILES string of the molecule is O=C(CN(C(=O)c1ccc(Cl)cc1Cl)N1C(=O)[C@@H]2C[C@H](Br)[C@@H](Br)C[C@H]2C1=O)c1ccc(OC(=O)c2ccc(Br)cc2)cc1. The van der Waals surface area contributed by atoms with Gasteiger partial charge in [-0.2, -0.15) is 5.01 Å². The molecule has 0 bridgehead atoms. The number of ketones is 1. The minimum atomic E-state index is -0.804. The molecule has 43 heavy (non-hydrogen) atoms. The fourth-order valence-corrected chi connectivity index (χ4v) is 7.03. The van der Waals surface area contributed by atoms with Crippen molar-refractivity contribution in [1.82, 2.24) is 10.0 Å². The van der Waals surface area contributed by atoms with Crippen LogP contribution in [0.25, 0.3) is 0 Å². The Morgan fingerprint density at radius 1 is 0.837 bits per heavy atom. The van der Waals surface area contributed by atoms with Crippen LogP contribution in [0.5, 0.6) is 5.75 Å². The lowest BCUT2D eigenvalue weighted by Crippen LogP contribution is -2.52. The Balaban J connectivity index is 1.40. The van der Waals surface area contributed by atoms with E-state index < -0.39 is 47.9 Å². The molecule has 0 aromatic heterocycles. The number of amides is 3. The minimum absolute atomic E-state index is 0.00412. The number of hydrogen-bond acceptors (Lipinski definition) is 6. The summed E-state index contributed by atoms with van der Waals surface area (Å²) in [6, 6.07) is 16.6. The highest BCUT2D eigenvalue weighted by molar-refractivity contribution is 9.12. The molecule has 0 N–H and O–H groups in total. The van der Waals surface area contributed by atoms with Crippen molar-refractivity contribution in [1.29, 1.82) is 0 Å². The van der Waals surface area contributed by atoms with Gasteiger partial charge < -0.3 is 4.74 Å². The average Bonchev–Trinajstić information content (AvgIpc) is 3.20. The molecule has 0 spiro atoms. The number of Topliss-reactive ketones (excluding diaryl/α,β-unsaturated/α-hetero) is 1. The van der Waals surface area contributed by atoms with Gasteiger partial charge in [-0.05, 0) is 79.6 Å². The Hall–Kier alpha value is -2.57. The van der Waals surface area contributed by atoms with Gasteiger partial charge in [0.1, 0.15) is 12.3 Å². The van der Waals surface area contributed by atoms with E-state index in [1.807, 2.05) is 0 Å². The number of fused-ring (bicyclic) bond motifs is 1. The van der Waals surface area contributed by atoms with Crippen LogP contribution in [0.15, 0.2) is 71.2 Å². The molecule has 1 heterocycles. The van der Waals surface area contributed by atoms with E-state index in [0.717, 1.165) is 14.5 Å². The van der Waals surface area contributed by atoms with E-state index in [1.165, 1.54) is 42.5 Å². The van der Waals surface area contributed by atoms with Gasteiger partial charge in [-0.3, -0.25) is 19.2 Å². The molecule has 2 fully saturated rings.